The predicted molar refractivity (Wildman–Crippen MR) is 71.2 cm³/mol. The number of hydrogen-bond acceptors (Lipinski definition) is 2. The lowest BCUT2D eigenvalue weighted by molar-refractivity contribution is 0.0444. The standard InChI is InChI=1S/C14H19ClFNO/c1-14(18)5-2-7-17(8-6-14)10-11-3-4-12(15)9-13(11)16/h3-4,9,18H,2,5-8,10H2,1H3. The molecule has 0 aromatic heterocycles. The fraction of sp³-hybridized carbons (Fsp3) is 0.571. The highest BCUT2D eigenvalue weighted by Crippen LogP contribution is 2.23. The first-order chi connectivity index (χ1) is 8.46. The van der Waals surface area contributed by atoms with Gasteiger partial charge in [-0.25, -0.2) is 4.39 Å². The van der Waals surface area contributed by atoms with Gasteiger partial charge in [-0.2, -0.15) is 0 Å². The van der Waals surface area contributed by atoms with Gasteiger partial charge >= 0.3 is 0 Å². The van der Waals surface area contributed by atoms with E-state index in [0.717, 1.165) is 32.4 Å². The van der Waals surface area contributed by atoms with E-state index in [-0.39, 0.29) is 5.82 Å². The normalized spacial score (nSPS) is 26.0. The minimum atomic E-state index is -0.576. The summed E-state index contributed by atoms with van der Waals surface area (Å²) < 4.78 is 13.7. The van der Waals surface area contributed by atoms with Crippen LogP contribution in [0.3, 0.4) is 0 Å². The molecule has 2 rings (SSSR count). The second kappa shape index (κ2) is 5.55. The van der Waals surface area contributed by atoms with Crippen LogP contribution in [0.1, 0.15) is 31.7 Å². The molecule has 1 aromatic rings. The Labute approximate surface area is 112 Å². The number of hydrogen-bond donors (Lipinski definition) is 1. The van der Waals surface area contributed by atoms with Crippen molar-refractivity contribution < 1.29 is 9.50 Å². The molecule has 1 aromatic carbocycles. The van der Waals surface area contributed by atoms with Crippen LogP contribution in [0.25, 0.3) is 0 Å². The van der Waals surface area contributed by atoms with Crippen LogP contribution in [-0.2, 0) is 6.54 Å². The summed E-state index contributed by atoms with van der Waals surface area (Å²) in [5.74, 6) is -0.251. The lowest BCUT2D eigenvalue weighted by Crippen LogP contribution is -2.28. The summed E-state index contributed by atoms with van der Waals surface area (Å²) in [5, 5.41) is 10.4. The number of halogens is 2. The first kappa shape index (κ1) is 13.8. The van der Waals surface area contributed by atoms with Gasteiger partial charge in [-0.05, 0) is 44.9 Å². The highest BCUT2D eigenvalue weighted by Gasteiger charge is 2.25. The van der Waals surface area contributed by atoms with Gasteiger partial charge in [-0.3, -0.25) is 4.90 Å². The number of nitrogens with zero attached hydrogens (tertiary/aromatic N) is 1. The van der Waals surface area contributed by atoms with Crippen LogP contribution in [-0.4, -0.2) is 28.7 Å². The summed E-state index contributed by atoms with van der Waals surface area (Å²) in [7, 11) is 0. The molecule has 1 atom stereocenters. The lowest BCUT2D eigenvalue weighted by Gasteiger charge is -2.22. The molecule has 1 fully saturated rings. The Morgan fingerprint density at radius 1 is 1.39 bits per heavy atom. The molecule has 1 N–H and O–H groups in total. The minimum Gasteiger partial charge on any atom is -0.390 e. The van der Waals surface area contributed by atoms with E-state index in [1.165, 1.54) is 6.07 Å². The van der Waals surface area contributed by atoms with Gasteiger partial charge in [0.15, 0.2) is 0 Å². The lowest BCUT2D eigenvalue weighted by atomic mass is 9.98. The largest absolute Gasteiger partial charge is 0.390 e. The van der Waals surface area contributed by atoms with Crippen LogP contribution in [0.4, 0.5) is 4.39 Å². The van der Waals surface area contributed by atoms with Gasteiger partial charge in [0.1, 0.15) is 5.82 Å². The van der Waals surface area contributed by atoms with Crippen LogP contribution in [0.2, 0.25) is 5.02 Å². The number of aliphatic hydroxyl groups is 1. The maximum Gasteiger partial charge on any atom is 0.129 e. The van der Waals surface area contributed by atoms with Crippen LogP contribution in [0.5, 0.6) is 0 Å². The van der Waals surface area contributed by atoms with E-state index >= 15 is 0 Å². The van der Waals surface area contributed by atoms with Crippen molar-refractivity contribution in [2.24, 2.45) is 0 Å². The predicted octanol–water partition coefficient (Wildman–Crippen LogP) is 3.22. The maximum absolute atomic E-state index is 13.7. The minimum absolute atomic E-state index is 0.251. The van der Waals surface area contributed by atoms with E-state index in [0.29, 0.717) is 17.1 Å². The molecule has 4 heteroatoms. The van der Waals surface area contributed by atoms with Crippen molar-refractivity contribution in [3.8, 4) is 0 Å². The van der Waals surface area contributed by atoms with Crippen molar-refractivity contribution in [3.05, 3.63) is 34.6 Å². The molecule has 2 nitrogen and oxygen atoms in total. The summed E-state index contributed by atoms with van der Waals surface area (Å²) in [6.45, 7) is 4.16. The fourth-order valence-electron chi connectivity index (χ4n) is 2.37. The third-order valence-corrected chi connectivity index (χ3v) is 3.80. The van der Waals surface area contributed by atoms with Crippen molar-refractivity contribution >= 4 is 11.6 Å². The molecular formula is C14H19ClFNO. The summed E-state index contributed by atoms with van der Waals surface area (Å²) in [5.41, 5.74) is 0.0914. The highest BCUT2D eigenvalue weighted by atomic mass is 35.5. The zero-order valence-corrected chi connectivity index (χ0v) is 11.4. The Hall–Kier alpha value is -0.640. The first-order valence-corrected chi connectivity index (χ1v) is 6.73. The molecule has 0 saturated carbocycles. The smallest absolute Gasteiger partial charge is 0.129 e. The Bertz CT molecular complexity index is 422. The Morgan fingerprint density at radius 3 is 2.89 bits per heavy atom. The molecule has 1 aliphatic rings. The van der Waals surface area contributed by atoms with Crippen molar-refractivity contribution in [3.63, 3.8) is 0 Å². The quantitative estimate of drug-likeness (QED) is 0.893. The van der Waals surface area contributed by atoms with Gasteiger partial charge in [0.25, 0.3) is 0 Å². The second-order valence-corrected chi connectivity index (χ2v) is 5.80. The van der Waals surface area contributed by atoms with Gasteiger partial charge in [0.05, 0.1) is 5.60 Å². The maximum atomic E-state index is 13.7. The molecule has 1 aliphatic heterocycles. The average molecular weight is 272 g/mol. The van der Waals surface area contributed by atoms with E-state index in [1.54, 1.807) is 12.1 Å². The second-order valence-electron chi connectivity index (χ2n) is 5.36. The van der Waals surface area contributed by atoms with E-state index < -0.39 is 5.60 Å². The van der Waals surface area contributed by atoms with Gasteiger partial charge in [-0.1, -0.05) is 17.7 Å². The molecule has 0 amide bonds. The van der Waals surface area contributed by atoms with Gasteiger partial charge < -0.3 is 5.11 Å². The van der Waals surface area contributed by atoms with Crippen molar-refractivity contribution in [2.45, 2.75) is 38.3 Å². The van der Waals surface area contributed by atoms with Gasteiger partial charge in [0.2, 0.25) is 0 Å². The van der Waals surface area contributed by atoms with E-state index in [1.807, 2.05) is 6.92 Å². The zero-order chi connectivity index (χ0) is 13.2. The highest BCUT2D eigenvalue weighted by molar-refractivity contribution is 6.30. The average Bonchev–Trinajstić information content (AvgIpc) is 2.44. The molecule has 0 aliphatic carbocycles. The van der Waals surface area contributed by atoms with Gasteiger partial charge in [-0.15, -0.1) is 0 Å². The molecule has 0 bridgehead atoms. The molecular weight excluding hydrogens is 253 g/mol. The van der Waals surface area contributed by atoms with Crippen LogP contribution in [0, 0.1) is 5.82 Å². The summed E-state index contributed by atoms with van der Waals surface area (Å²) >= 11 is 5.74. The third kappa shape index (κ3) is 3.67. The molecule has 0 spiro atoms. The molecule has 18 heavy (non-hydrogen) atoms. The number of benzene rings is 1. The monoisotopic (exact) mass is 271 g/mol. The van der Waals surface area contributed by atoms with E-state index in [2.05, 4.69) is 4.90 Å². The molecule has 0 radical (unpaired) electrons. The molecule has 100 valence electrons. The number of rotatable bonds is 2. The van der Waals surface area contributed by atoms with Crippen molar-refractivity contribution in [2.75, 3.05) is 13.1 Å². The fourth-order valence-corrected chi connectivity index (χ4v) is 2.53. The summed E-state index contributed by atoms with van der Waals surface area (Å²) in [4.78, 5) is 2.19. The van der Waals surface area contributed by atoms with Crippen molar-refractivity contribution in [1.82, 2.24) is 4.90 Å². The zero-order valence-electron chi connectivity index (χ0n) is 10.6. The summed E-state index contributed by atoms with van der Waals surface area (Å²) in [6.07, 6.45) is 2.50. The first-order valence-electron chi connectivity index (χ1n) is 6.35. The third-order valence-electron chi connectivity index (χ3n) is 3.57. The summed E-state index contributed by atoms with van der Waals surface area (Å²) in [6, 6.07) is 4.81. The molecule has 1 saturated heterocycles. The van der Waals surface area contributed by atoms with E-state index in [9.17, 15) is 9.50 Å². The van der Waals surface area contributed by atoms with E-state index in [4.69, 9.17) is 11.6 Å². The Morgan fingerprint density at radius 2 is 2.17 bits per heavy atom. The van der Waals surface area contributed by atoms with Crippen LogP contribution >= 0.6 is 11.6 Å². The van der Waals surface area contributed by atoms with Crippen LogP contribution in [0.15, 0.2) is 18.2 Å². The van der Waals surface area contributed by atoms with Crippen molar-refractivity contribution in [1.29, 1.82) is 0 Å². The molecule has 1 heterocycles. The topological polar surface area (TPSA) is 23.5 Å². The number of likely N-dealkylation sites (tertiary alicyclic amines) is 1. The SMILES string of the molecule is CC1(O)CCCN(Cc2ccc(Cl)cc2F)CC1. The van der Waals surface area contributed by atoms with Crippen LogP contribution < -0.4 is 0 Å². The van der Waals surface area contributed by atoms with Gasteiger partial charge in [0, 0.05) is 23.7 Å². The Balaban J connectivity index is 2.01. The molecule has 1 unspecified atom stereocenters. The Kier molecular flexibility index (Phi) is 4.25.